The summed E-state index contributed by atoms with van der Waals surface area (Å²) in [5, 5.41) is 0. The number of nitrogens with zero attached hydrogens (tertiary/aromatic N) is 2. The van der Waals surface area contributed by atoms with Gasteiger partial charge in [-0.2, -0.15) is 0 Å². The molecule has 110 valence electrons. The molecule has 1 unspecified atom stereocenters. The lowest BCUT2D eigenvalue weighted by atomic mass is 9.84. The third-order valence-electron chi connectivity index (χ3n) is 3.80. The average molecular weight is 268 g/mol. The van der Waals surface area contributed by atoms with Crippen molar-refractivity contribution in [3.05, 3.63) is 0 Å². The average Bonchev–Trinajstić information content (AvgIpc) is 2.34. The lowest BCUT2D eigenvalue weighted by Gasteiger charge is -2.34. The van der Waals surface area contributed by atoms with Gasteiger partial charge in [0.1, 0.15) is 12.1 Å². The highest BCUT2D eigenvalue weighted by molar-refractivity contribution is 5.94. The van der Waals surface area contributed by atoms with Crippen molar-refractivity contribution < 1.29 is 9.47 Å². The van der Waals surface area contributed by atoms with E-state index >= 15 is 0 Å². The van der Waals surface area contributed by atoms with Gasteiger partial charge in [-0.05, 0) is 17.3 Å². The first kappa shape index (κ1) is 16.0. The highest BCUT2D eigenvalue weighted by Crippen LogP contribution is 2.30. The van der Waals surface area contributed by atoms with Crippen molar-refractivity contribution in [1.29, 1.82) is 0 Å². The summed E-state index contributed by atoms with van der Waals surface area (Å²) in [6.45, 7) is 13.0. The Morgan fingerprint density at radius 1 is 0.947 bits per heavy atom. The molecule has 0 saturated heterocycles. The lowest BCUT2D eigenvalue weighted by Crippen LogP contribution is -2.44. The van der Waals surface area contributed by atoms with Crippen LogP contribution in [0, 0.1) is 17.3 Å². The van der Waals surface area contributed by atoms with Gasteiger partial charge in [0.25, 0.3) is 0 Å². The number of aliphatic imine (C=N–C) groups is 2. The number of hydrogen-bond acceptors (Lipinski definition) is 4. The van der Waals surface area contributed by atoms with Crippen LogP contribution >= 0.6 is 0 Å². The Labute approximate surface area is 117 Å². The van der Waals surface area contributed by atoms with E-state index in [1.54, 1.807) is 14.2 Å². The number of hydrogen-bond donors (Lipinski definition) is 0. The van der Waals surface area contributed by atoms with Gasteiger partial charge in [-0.15, -0.1) is 0 Å². The first-order valence-corrected chi connectivity index (χ1v) is 6.95. The Morgan fingerprint density at radius 3 is 1.84 bits per heavy atom. The van der Waals surface area contributed by atoms with Crippen molar-refractivity contribution in [1.82, 2.24) is 0 Å². The van der Waals surface area contributed by atoms with Gasteiger partial charge < -0.3 is 9.47 Å². The highest BCUT2D eigenvalue weighted by Gasteiger charge is 2.38. The molecule has 0 bridgehead atoms. The third kappa shape index (κ3) is 3.48. The predicted molar refractivity (Wildman–Crippen MR) is 79.9 cm³/mol. The van der Waals surface area contributed by atoms with Gasteiger partial charge >= 0.3 is 0 Å². The van der Waals surface area contributed by atoms with Crippen molar-refractivity contribution in [2.45, 2.75) is 53.6 Å². The maximum absolute atomic E-state index is 5.48. The summed E-state index contributed by atoms with van der Waals surface area (Å²) in [5.74, 6) is 2.32. The van der Waals surface area contributed by atoms with Crippen LogP contribution in [-0.4, -0.2) is 38.1 Å². The van der Waals surface area contributed by atoms with E-state index in [9.17, 15) is 0 Å². The van der Waals surface area contributed by atoms with Gasteiger partial charge in [0.2, 0.25) is 11.8 Å². The molecule has 0 aromatic heterocycles. The molecular formula is C15H28N2O2. The molecule has 1 aliphatic heterocycles. The smallest absolute Gasteiger partial charge is 0.210 e. The van der Waals surface area contributed by atoms with Crippen LogP contribution in [-0.2, 0) is 9.47 Å². The Bertz CT molecular complexity index is 367. The third-order valence-corrected chi connectivity index (χ3v) is 3.80. The summed E-state index contributed by atoms with van der Waals surface area (Å²) in [6, 6.07) is -0.124. The minimum Gasteiger partial charge on any atom is -0.483 e. The van der Waals surface area contributed by atoms with Crippen LogP contribution in [0.5, 0.6) is 0 Å². The Hall–Kier alpha value is -1.06. The topological polar surface area (TPSA) is 43.2 Å². The van der Waals surface area contributed by atoms with Gasteiger partial charge in [0.05, 0.1) is 14.2 Å². The van der Waals surface area contributed by atoms with Crippen molar-refractivity contribution in [2.24, 2.45) is 27.2 Å². The molecule has 1 heterocycles. The van der Waals surface area contributed by atoms with Gasteiger partial charge in [0.15, 0.2) is 0 Å². The molecular weight excluding hydrogens is 240 g/mol. The SMILES string of the molecule is COC1=N[C@H](C(C)(C)C)C(OC)=N[C@H]1C(C)C(C)C. The van der Waals surface area contributed by atoms with E-state index in [1.165, 1.54) is 0 Å². The standard InChI is InChI=1S/C15H28N2O2/c1-9(2)10(3)11-13(18-7)17-12(15(4,5)6)14(16-11)19-8/h9-12H,1-8H3/t10?,11-,12-/m0/s1. The minimum absolute atomic E-state index is 0.0370. The van der Waals surface area contributed by atoms with Crippen LogP contribution in [0.15, 0.2) is 9.98 Å². The fourth-order valence-electron chi connectivity index (χ4n) is 2.13. The Kier molecular flexibility index (Phi) is 4.99. The fourth-order valence-corrected chi connectivity index (χ4v) is 2.13. The number of methoxy groups -OCH3 is 2. The molecule has 4 heteroatoms. The van der Waals surface area contributed by atoms with E-state index in [-0.39, 0.29) is 17.5 Å². The molecule has 0 aromatic carbocycles. The molecule has 0 N–H and O–H groups in total. The van der Waals surface area contributed by atoms with Crippen LogP contribution in [0.25, 0.3) is 0 Å². The summed E-state index contributed by atoms with van der Waals surface area (Å²) < 4.78 is 11.0. The molecule has 1 rings (SSSR count). The number of ether oxygens (including phenoxy) is 2. The van der Waals surface area contributed by atoms with Crippen molar-refractivity contribution >= 4 is 11.8 Å². The zero-order valence-electron chi connectivity index (χ0n) is 13.5. The molecule has 0 aromatic rings. The molecule has 4 nitrogen and oxygen atoms in total. The summed E-state index contributed by atoms with van der Waals surface area (Å²) in [4.78, 5) is 9.51. The van der Waals surface area contributed by atoms with Crippen LogP contribution in [0.3, 0.4) is 0 Å². The minimum atomic E-state index is -0.0805. The van der Waals surface area contributed by atoms with E-state index in [2.05, 4.69) is 41.5 Å². The molecule has 0 spiro atoms. The number of rotatable bonds is 2. The van der Waals surface area contributed by atoms with E-state index in [1.807, 2.05) is 0 Å². The second-order valence-corrected chi connectivity index (χ2v) is 6.66. The zero-order chi connectivity index (χ0) is 14.8. The molecule has 0 aliphatic carbocycles. The predicted octanol–water partition coefficient (Wildman–Crippen LogP) is 3.17. The molecule has 19 heavy (non-hydrogen) atoms. The van der Waals surface area contributed by atoms with Crippen molar-refractivity contribution in [2.75, 3.05) is 14.2 Å². The lowest BCUT2D eigenvalue weighted by molar-refractivity contribution is 0.270. The summed E-state index contributed by atoms with van der Waals surface area (Å²) in [7, 11) is 3.34. The molecule has 0 saturated carbocycles. The molecule has 0 amide bonds. The first-order chi connectivity index (χ1) is 8.72. The van der Waals surface area contributed by atoms with Crippen LogP contribution in [0.2, 0.25) is 0 Å². The highest BCUT2D eigenvalue weighted by atomic mass is 16.5. The van der Waals surface area contributed by atoms with Gasteiger partial charge in [0, 0.05) is 0 Å². The normalized spacial score (nSPS) is 25.7. The quantitative estimate of drug-likeness (QED) is 0.772. The summed E-state index contributed by atoms with van der Waals surface area (Å²) in [5.41, 5.74) is -0.0370. The molecule has 1 aliphatic rings. The Balaban J connectivity index is 3.14. The molecule has 0 fully saturated rings. The van der Waals surface area contributed by atoms with Crippen LogP contribution in [0.4, 0.5) is 0 Å². The summed E-state index contributed by atoms with van der Waals surface area (Å²) in [6.07, 6.45) is 0. The second kappa shape index (κ2) is 5.93. The van der Waals surface area contributed by atoms with E-state index in [0.717, 1.165) is 5.90 Å². The summed E-state index contributed by atoms with van der Waals surface area (Å²) >= 11 is 0. The van der Waals surface area contributed by atoms with E-state index in [4.69, 9.17) is 19.5 Å². The monoisotopic (exact) mass is 268 g/mol. The maximum atomic E-state index is 5.48. The van der Waals surface area contributed by atoms with Crippen molar-refractivity contribution in [3.8, 4) is 0 Å². The maximum Gasteiger partial charge on any atom is 0.210 e. The zero-order valence-corrected chi connectivity index (χ0v) is 13.5. The van der Waals surface area contributed by atoms with Crippen LogP contribution in [0.1, 0.15) is 41.5 Å². The van der Waals surface area contributed by atoms with E-state index < -0.39 is 0 Å². The fraction of sp³-hybridized carbons (Fsp3) is 0.867. The van der Waals surface area contributed by atoms with Crippen molar-refractivity contribution in [3.63, 3.8) is 0 Å². The second-order valence-electron chi connectivity index (χ2n) is 6.66. The first-order valence-electron chi connectivity index (χ1n) is 6.95. The molecule has 0 radical (unpaired) electrons. The van der Waals surface area contributed by atoms with E-state index in [0.29, 0.717) is 17.7 Å². The van der Waals surface area contributed by atoms with Gasteiger partial charge in [-0.3, -0.25) is 0 Å². The Morgan fingerprint density at radius 2 is 1.47 bits per heavy atom. The largest absolute Gasteiger partial charge is 0.483 e. The molecule has 3 atom stereocenters. The van der Waals surface area contributed by atoms with Gasteiger partial charge in [-0.25, -0.2) is 9.98 Å². The van der Waals surface area contributed by atoms with Crippen LogP contribution < -0.4 is 0 Å². The van der Waals surface area contributed by atoms with Gasteiger partial charge in [-0.1, -0.05) is 41.5 Å².